The fourth-order valence-corrected chi connectivity index (χ4v) is 2.39. The highest BCUT2D eigenvalue weighted by atomic mass is 35.5. The Morgan fingerprint density at radius 3 is 2.40 bits per heavy atom. The van der Waals surface area contributed by atoms with Gasteiger partial charge in [-0.3, -0.25) is 0 Å². The van der Waals surface area contributed by atoms with Gasteiger partial charge in [0.1, 0.15) is 0 Å². The van der Waals surface area contributed by atoms with E-state index < -0.39 is 10.0 Å². The maximum Gasteiger partial charge on any atom is 0.238 e. The number of hydrogen-bond donors (Lipinski definition) is 3. The first-order chi connectivity index (χ1) is 9.27. The summed E-state index contributed by atoms with van der Waals surface area (Å²) in [6, 6.07) is 9.76. The van der Waals surface area contributed by atoms with E-state index in [0.717, 1.165) is 11.3 Å². The summed E-state index contributed by atoms with van der Waals surface area (Å²) in [4.78, 5) is -0.0255. The molecule has 0 aliphatic rings. The van der Waals surface area contributed by atoms with Gasteiger partial charge in [0.15, 0.2) is 0 Å². The Morgan fingerprint density at radius 2 is 1.85 bits per heavy atom. The summed E-state index contributed by atoms with van der Waals surface area (Å²) in [6.07, 6.45) is 0. The average molecular weight is 312 g/mol. The molecule has 0 radical (unpaired) electrons. The average Bonchev–Trinajstić information content (AvgIpc) is 2.35. The Kier molecular flexibility index (Phi) is 3.89. The molecule has 106 valence electrons. The topological polar surface area (TPSA) is 98.2 Å². The third-order valence-corrected chi connectivity index (χ3v) is 4.12. The molecule has 0 spiro atoms. The van der Waals surface area contributed by atoms with Crippen LogP contribution in [0.1, 0.15) is 5.56 Å². The minimum Gasteiger partial charge on any atom is -0.397 e. The number of anilines is 3. The highest BCUT2D eigenvalue weighted by Crippen LogP contribution is 2.27. The van der Waals surface area contributed by atoms with Crippen LogP contribution >= 0.6 is 11.6 Å². The van der Waals surface area contributed by atoms with Gasteiger partial charge in [-0.25, -0.2) is 13.6 Å². The van der Waals surface area contributed by atoms with Gasteiger partial charge in [0, 0.05) is 10.7 Å². The van der Waals surface area contributed by atoms with Gasteiger partial charge in [-0.1, -0.05) is 17.7 Å². The van der Waals surface area contributed by atoms with Gasteiger partial charge in [-0.05, 0) is 42.8 Å². The summed E-state index contributed by atoms with van der Waals surface area (Å²) in [5.41, 5.74) is 8.41. The Labute approximate surface area is 122 Å². The van der Waals surface area contributed by atoms with Crippen LogP contribution in [0.4, 0.5) is 17.1 Å². The maximum atomic E-state index is 11.2. The number of halogens is 1. The predicted molar refractivity (Wildman–Crippen MR) is 81.7 cm³/mol. The number of nitrogens with one attached hydrogen (secondary N) is 1. The van der Waals surface area contributed by atoms with Crippen LogP contribution in [0, 0.1) is 6.92 Å². The van der Waals surface area contributed by atoms with Crippen LogP contribution in [0.3, 0.4) is 0 Å². The number of rotatable bonds is 3. The predicted octanol–water partition coefficient (Wildman–Crippen LogP) is 2.62. The normalized spacial score (nSPS) is 11.3. The minimum atomic E-state index is -3.76. The molecule has 0 aliphatic carbocycles. The molecule has 2 aromatic carbocycles. The van der Waals surface area contributed by atoms with E-state index in [1.807, 2.05) is 19.1 Å². The largest absolute Gasteiger partial charge is 0.397 e. The first kappa shape index (κ1) is 14.6. The summed E-state index contributed by atoms with van der Waals surface area (Å²) in [7, 11) is -3.76. The molecule has 0 aromatic heterocycles. The molecule has 20 heavy (non-hydrogen) atoms. The number of aryl methyl sites for hydroxylation is 1. The Balaban J connectivity index is 2.32. The van der Waals surface area contributed by atoms with Gasteiger partial charge in [0.05, 0.1) is 16.3 Å². The molecular weight excluding hydrogens is 298 g/mol. The lowest BCUT2D eigenvalue weighted by Gasteiger charge is -2.11. The smallest absolute Gasteiger partial charge is 0.238 e. The molecule has 2 aromatic rings. The van der Waals surface area contributed by atoms with Crippen molar-refractivity contribution in [2.24, 2.45) is 5.14 Å². The van der Waals surface area contributed by atoms with E-state index in [2.05, 4.69) is 5.32 Å². The van der Waals surface area contributed by atoms with Crippen molar-refractivity contribution in [3.63, 3.8) is 0 Å². The summed E-state index contributed by atoms with van der Waals surface area (Å²) < 4.78 is 22.4. The highest BCUT2D eigenvalue weighted by Gasteiger charge is 2.10. The second-order valence-corrected chi connectivity index (χ2v) is 6.35. The maximum absolute atomic E-state index is 11.2. The van der Waals surface area contributed by atoms with Crippen LogP contribution in [0.5, 0.6) is 0 Å². The zero-order chi connectivity index (χ0) is 14.9. The summed E-state index contributed by atoms with van der Waals surface area (Å²) in [5, 5.41) is 8.75. The molecule has 0 atom stereocenters. The lowest BCUT2D eigenvalue weighted by atomic mass is 10.2. The molecule has 0 fully saturated rings. The molecule has 2 rings (SSSR count). The first-order valence-corrected chi connectivity index (χ1v) is 7.65. The number of hydrogen-bond acceptors (Lipinski definition) is 4. The van der Waals surface area contributed by atoms with Gasteiger partial charge in [-0.15, -0.1) is 0 Å². The number of primary sulfonamides is 1. The zero-order valence-electron chi connectivity index (χ0n) is 10.7. The van der Waals surface area contributed by atoms with Gasteiger partial charge < -0.3 is 11.1 Å². The minimum absolute atomic E-state index is 0.0255. The van der Waals surface area contributed by atoms with Crippen LogP contribution in [-0.2, 0) is 10.0 Å². The van der Waals surface area contributed by atoms with Crippen molar-refractivity contribution >= 4 is 38.7 Å². The van der Waals surface area contributed by atoms with E-state index >= 15 is 0 Å². The monoisotopic (exact) mass is 311 g/mol. The van der Waals surface area contributed by atoms with Crippen LogP contribution in [0.2, 0.25) is 5.02 Å². The van der Waals surface area contributed by atoms with Gasteiger partial charge in [0.25, 0.3) is 0 Å². The van der Waals surface area contributed by atoms with Crippen LogP contribution in [0.25, 0.3) is 0 Å². The highest BCUT2D eigenvalue weighted by molar-refractivity contribution is 7.89. The van der Waals surface area contributed by atoms with Crippen molar-refractivity contribution in [2.75, 3.05) is 11.1 Å². The molecular formula is C13H14ClN3O2S. The van der Waals surface area contributed by atoms with Crippen LogP contribution in [-0.4, -0.2) is 8.42 Å². The zero-order valence-corrected chi connectivity index (χ0v) is 12.3. The molecule has 0 amide bonds. The van der Waals surface area contributed by atoms with Crippen molar-refractivity contribution in [1.29, 1.82) is 0 Å². The van der Waals surface area contributed by atoms with E-state index in [-0.39, 0.29) is 10.6 Å². The summed E-state index contributed by atoms with van der Waals surface area (Å²) in [6.45, 7) is 1.90. The van der Waals surface area contributed by atoms with Crippen molar-refractivity contribution in [1.82, 2.24) is 0 Å². The van der Waals surface area contributed by atoms with E-state index in [0.29, 0.717) is 10.7 Å². The van der Waals surface area contributed by atoms with Crippen LogP contribution in [0.15, 0.2) is 41.3 Å². The van der Waals surface area contributed by atoms with E-state index in [1.165, 1.54) is 12.1 Å². The van der Waals surface area contributed by atoms with Crippen molar-refractivity contribution in [3.8, 4) is 0 Å². The molecule has 5 nitrogen and oxygen atoms in total. The fourth-order valence-electron chi connectivity index (χ4n) is 1.66. The number of sulfonamides is 1. The Hall–Kier alpha value is -1.76. The Bertz CT molecular complexity index is 760. The Morgan fingerprint density at radius 1 is 1.15 bits per heavy atom. The summed E-state index contributed by atoms with van der Waals surface area (Å²) in [5.74, 6) is 0. The second kappa shape index (κ2) is 5.32. The lowest BCUT2D eigenvalue weighted by Crippen LogP contribution is -2.12. The number of benzene rings is 2. The molecule has 5 N–H and O–H groups in total. The first-order valence-electron chi connectivity index (χ1n) is 5.73. The quantitative estimate of drug-likeness (QED) is 0.759. The molecule has 0 aliphatic heterocycles. The third kappa shape index (κ3) is 3.22. The fraction of sp³-hybridized carbons (Fsp3) is 0.0769. The lowest BCUT2D eigenvalue weighted by molar-refractivity contribution is 0.598. The molecule has 0 saturated heterocycles. The SMILES string of the molecule is Cc1ccc(Nc2ccc(S(N)(=O)=O)cc2N)cc1Cl. The van der Waals surface area contributed by atoms with Gasteiger partial charge >= 0.3 is 0 Å². The molecule has 0 unspecified atom stereocenters. The van der Waals surface area contributed by atoms with Gasteiger partial charge in [0.2, 0.25) is 10.0 Å². The molecule has 7 heteroatoms. The summed E-state index contributed by atoms with van der Waals surface area (Å²) >= 11 is 6.04. The standard InChI is InChI=1S/C13H14ClN3O2S/c1-8-2-3-9(6-11(8)14)17-13-5-4-10(7-12(13)15)20(16,18)19/h2-7,17H,15H2,1H3,(H2,16,18,19). The number of nitrogens with two attached hydrogens (primary N) is 2. The van der Waals surface area contributed by atoms with E-state index in [4.69, 9.17) is 22.5 Å². The van der Waals surface area contributed by atoms with Crippen molar-refractivity contribution in [3.05, 3.63) is 47.0 Å². The number of nitrogen functional groups attached to an aromatic ring is 1. The van der Waals surface area contributed by atoms with Crippen LogP contribution < -0.4 is 16.2 Å². The molecule has 0 bridgehead atoms. The third-order valence-electron chi connectivity index (χ3n) is 2.80. The van der Waals surface area contributed by atoms with Crippen molar-refractivity contribution in [2.45, 2.75) is 11.8 Å². The van der Waals surface area contributed by atoms with E-state index in [1.54, 1.807) is 12.1 Å². The van der Waals surface area contributed by atoms with Gasteiger partial charge in [-0.2, -0.15) is 0 Å². The van der Waals surface area contributed by atoms with E-state index in [9.17, 15) is 8.42 Å². The molecule has 0 heterocycles. The molecule has 0 saturated carbocycles. The second-order valence-electron chi connectivity index (χ2n) is 4.38. The van der Waals surface area contributed by atoms with Crippen molar-refractivity contribution < 1.29 is 8.42 Å².